The van der Waals surface area contributed by atoms with E-state index < -0.39 is 34.7 Å². The highest BCUT2D eigenvalue weighted by atomic mass is 16.6. The van der Waals surface area contributed by atoms with Gasteiger partial charge in [-0.1, -0.05) is 36.4 Å². The molecule has 0 amide bonds. The minimum Gasteiger partial charge on any atom is -0.482 e. The van der Waals surface area contributed by atoms with Crippen molar-refractivity contribution >= 4 is 17.9 Å². The fraction of sp³-hybridized carbons (Fsp3) is 0.432. The molecule has 0 unspecified atom stereocenters. The van der Waals surface area contributed by atoms with E-state index in [9.17, 15) is 14.4 Å². The van der Waals surface area contributed by atoms with E-state index in [0.29, 0.717) is 17.2 Å². The van der Waals surface area contributed by atoms with Crippen LogP contribution in [-0.4, -0.2) is 54.5 Å². The molecule has 0 spiro atoms. The highest BCUT2D eigenvalue weighted by molar-refractivity contribution is 5.72. The second-order valence-corrected chi connectivity index (χ2v) is 13.8. The van der Waals surface area contributed by atoms with Gasteiger partial charge in [-0.3, -0.25) is 0 Å². The third-order valence-corrected chi connectivity index (χ3v) is 5.97. The van der Waals surface area contributed by atoms with E-state index >= 15 is 0 Å². The molecule has 9 heteroatoms. The van der Waals surface area contributed by atoms with Crippen molar-refractivity contribution in [3.05, 3.63) is 89.5 Å². The third-order valence-electron chi connectivity index (χ3n) is 5.97. The molecule has 0 saturated heterocycles. The molecule has 0 aromatic heterocycles. The summed E-state index contributed by atoms with van der Waals surface area (Å²) in [6, 6.07) is 22.5. The van der Waals surface area contributed by atoms with Gasteiger partial charge in [0.15, 0.2) is 19.8 Å². The van der Waals surface area contributed by atoms with Crippen molar-refractivity contribution in [2.45, 2.75) is 85.0 Å². The summed E-state index contributed by atoms with van der Waals surface area (Å²) in [5.41, 5.74) is 1.12. The van der Waals surface area contributed by atoms with Gasteiger partial charge in [-0.05, 0) is 115 Å². The molecule has 0 aliphatic carbocycles. The molecule has 3 aromatic rings. The Morgan fingerprint density at radius 3 is 0.848 bits per heavy atom. The molecule has 0 aliphatic heterocycles. The molecule has 248 valence electrons. The van der Waals surface area contributed by atoms with Gasteiger partial charge < -0.3 is 28.4 Å². The van der Waals surface area contributed by atoms with Crippen molar-refractivity contribution in [1.82, 2.24) is 0 Å². The summed E-state index contributed by atoms with van der Waals surface area (Å²) in [5, 5.41) is 0. The lowest BCUT2D eigenvalue weighted by molar-refractivity contribution is -0.158. The molecule has 9 nitrogen and oxygen atoms in total. The van der Waals surface area contributed by atoms with Gasteiger partial charge in [0.25, 0.3) is 0 Å². The van der Waals surface area contributed by atoms with Crippen molar-refractivity contribution in [3.8, 4) is 17.2 Å². The van der Waals surface area contributed by atoms with Crippen LogP contribution in [0.2, 0.25) is 0 Å². The average molecular weight is 635 g/mol. The molecule has 0 aliphatic rings. The van der Waals surface area contributed by atoms with Crippen molar-refractivity contribution < 1.29 is 42.8 Å². The van der Waals surface area contributed by atoms with E-state index in [1.807, 2.05) is 72.8 Å². The Morgan fingerprint density at radius 1 is 0.435 bits per heavy atom. The van der Waals surface area contributed by atoms with Crippen LogP contribution >= 0.6 is 0 Å². The Kier molecular flexibility index (Phi) is 11.9. The van der Waals surface area contributed by atoms with E-state index in [4.69, 9.17) is 28.4 Å². The number of carbonyl (C=O) groups is 3. The second-order valence-electron chi connectivity index (χ2n) is 13.8. The summed E-state index contributed by atoms with van der Waals surface area (Å²) in [6.45, 7) is 15.6. The SMILES string of the molecule is CC(C)(C)OC(=O)COc1ccc(C(c2ccc(OCC(=O)OC(C)(C)C)cc2)c2ccc(OCC(=O)OC(C)(C)C)cc2)cc1. The van der Waals surface area contributed by atoms with Gasteiger partial charge in [-0.15, -0.1) is 0 Å². The molecule has 46 heavy (non-hydrogen) atoms. The lowest BCUT2D eigenvalue weighted by Gasteiger charge is -2.21. The van der Waals surface area contributed by atoms with Crippen LogP contribution in [0.4, 0.5) is 0 Å². The number of carbonyl (C=O) groups excluding carboxylic acids is 3. The predicted octanol–water partition coefficient (Wildman–Crippen LogP) is 7.03. The summed E-state index contributed by atoms with van der Waals surface area (Å²) in [7, 11) is 0. The van der Waals surface area contributed by atoms with Crippen molar-refractivity contribution in [3.63, 3.8) is 0 Å². The number of rotatable bonds is 12. The normalized spacial score (nSPS) is 11.9. The van der Waals surface area contributed by atoms with Crippen LogP contribution < -0.4 is 14.2 Å². The topological polar surface area (TPSA) is 107 Å². The van der Waals surface area contributed by atoms with Gasteiger partial charge >= 0.3 is 17.9 Å². The largest absolute Gasteiger partial charge is 0.482 e. The molecule has 0 N–H and O–H groups in total. The third kappa shape index (κ3) is 12.8. The summed E-state index contributed by atoms with van der Waals surface area (Å²) in [4.78, 5) is 36.3. The standard InChI is InChI=1S/C37H46O9/c1-35(2,3)44-31(38)22-41-28-16-10-25(11-17-28)34(26-12-18-29(19-13-26)42-23-32(39)45-36(4,5)6)27-14-20-30(21-15-27)43-24-33(40)46-37(7,8)9/h10-21,34H,22-24H2,1-9H3. The minimum atomic E-state index is -0.593. The molecule has 0 atom stereocenters. The highest BCUT2D eigenvalue weighted by Crippen LogP contribution is 2.34. The Hall–Kier alpha value is -4.53. The molecule has 0 saturated carbocycles. The van der Waals surface area contributed by atoms with Crippen LogP contribution in [0.5, 0.6) is 17.2 Å². The quantitative estimate of drug-likeness (QED) is 0.118. The van der Waals surface area contributed by atoms with Gasteiger partial charge in [-0.25, -0.2) is 14.4 Å². The van der Waals surface area contributed by atoms with Crippen LogP contribution in [0.1, 0.15) is 84.9 Å². The second kappa shape index (κ2) is 15.2. The van der Waals surface area contributed by atoms with Crippen LogP contribution in [0.15, 0.2) is 72.8 Å². The molecule has 0 fully saturated rings. The summed E-state index contributed by atoms with van der Waals surface area (Å²) >= 11 is 0. The minimum absolute atomic E-state index is 0.195. The number of hydrogen-bond acceptors (Lipinski definition) is 9. The van der Waals surface area contributed by atoms with Crippen LogP contribution in [0.3, 0.4) is 0 Å². The van der Waals surface area contributed by atoms with Crippen LogP contribution in [-0.2, 0) is 28.6 Å². The molecular weight excluding hydrogens is 588 g/mol. The summed E-state index contributed by atoms with van der Waals surface area (Å²) in [6.07, 6.45) is 0. The fourth-order valence-electron chi connectivity index (χ4n) is 4.39. The average Bonchev–Trinajstić information content (AvgIpc) is 2.93. The van der Waals surface area contributed by atoms with Crippen LogP contribution in [0.25, 0.3) is 0 Å². The Morgan fingerprint density at radius 2 is 0.652 bits per heavy atom. The maximum Gasteiger partial charge on any atom is 0.344 e. The highest BCUT2D eigenvalue weighted by Gasteiger charge is 2.21. The van der Waals surface area contributed by atoms with Crippen LogP contribution in [0, 0.1) is 0 Å². The Bertz CT molecular complexity index is 1260. The van der Waals surface area contributed by atoms with E-state index in [0.717, 1.165) is 16.7 Å². The van der Waals surface area contributed by atoms with Crippen molar-refractivity contribution in [2.24, 2.45) is 0 Å². The Labute approximate surface area is 272 Å². The molecule has 0 bridgehead atoms. The molecule has 3 aromatic carbocycles. The predicted molar refractivity (Wildman–Crippen MR) is 174 cm³/mol. The first kappa shape index (κ1) is 35.9. The van der Waals surface area contributed by atoms with E-state index in [-0.39, 0.29) is 25.7 Å². The zero-order valence-electron chi connectivity index (χ0n) is 28.3. The number of ether oxygens (including phenoxy) is 6. The fourth-order valence-corrected chi connectivity index (χ4v) is 4.39. The Balaban J connectivity index is 1.80. The monoisotopic (exact) mass is 634 g/mol. The van der Waals surface area contributed by atoms with Gasteiger partial charge in [0.2, 0.25) is 0 Å². The molecule has 3 rings (SSSR count). The number of benzene rings is 3. The summed E-state index contributed by atoms with van der Waals surface area (Å²) < 4.78 is 33.0. The first-order chi connectivity index (χ1) is 21.4. The smallest absolute Gasteiger partial charge is 0.344 e. The molecular formula is C37H46O9. The number of hydrogen-bond donors (Lipinski definition) is 0. The molecule has 0 radical (unpaired) electrons. The number of esters is 3. The van der Waals surface area contributed by atoms with E-state index in [2.05, 4.69) is 0 Å². The van der Waals surface area contributed by atoms with E-state index in [1.165, 1.54) is 0 Å². The van der Waals surface area contributed by atoms with Crippen molar-refractivity contribution in [2.75, 3.05) is 19.8 Å². The lowest BCUT2D eigenvalue weighted by Crippen LogP contribution is -2.27. The van der Waals surface area contributed by atoms with Gasteiger partial charge in [0.05, 0.1) is 0 Å². The first-order valence-corrected chi connectivity index (χ1v) is 15.2. The van der Waals surface area contributed by atoms with Crippen molar-refractivity contribution in [1.29, 1.82) is 0 Å². The van der Waals surface area contributed by atoms with Gasteiger partial charge in [0, 0.05) is 5.92 Å². The van der Waals surface area contributed by atoms with Gasteiger partial charge in [-0.2, -0.15) is 0 Å². The van der Waals surface area contributed by atoms with E-state index in [1.54, 1.807) is 62.3 Å². The first-order valence-electron chi connectivity index (χ1n) is 15.2. The maximum atomic E-state index is 12.1. The lowest BCUT2D eigenvalue weighted by atomic mass is 9.85. The zero-order valence-corrected chi connectivity index (χ0v) is 28.3. The molecule has 0 heterocycles. The summed E-state index contributed by atoms with van der Waals surface area (Å²) in [5.74, 6) is 0.0624. The zero-order chi connectivity index (χ0) is 34.1. The maximum absolute atomic E-state index is 12.1. The van der Waals surface area contributed by atoms with Gasteiger partial charge in [0.1, 0.15) is 34.1 Å².